The molecule has 1 heterocycles. The molecule has 1 aromatic carbocycles. The Morgan fingerprint density at radius 3 is 2.59 bits per heavy atom. The first-order valence-corrected chi connectivity index (χ1v) is 10.3. The zero-order valence-electron chi connectivity index (χ0n) is 17.0. The van der Waals surface area contributed by atoms with Gasteiger partial charge in [0.25, 0.3) is 0 Å². The SMILES string of the molecule is CC(C)(C)OC(=O)CN1CCC(CNC2CC2/C=C/c2ccccc2)CC1. The van der Waals surface area contributed by atoms with Crippen molar-refractivity contribution in [3.05, 3.63) is 42.0 Å². The van der Waals surface area contributed by atoms with Crippen LogP contribution < -0.4 is 5.32 Å². The van der Waals surface area contributed by atoms with Crippen LogP contribution >= 0.6 is 0 Å². The van der Waals surface area contributed by atoms with E-state index in [-0.39, 0.29) is 5.97 Å². The summed E-state index contributed by atoms with van der Waals surface area (Å²) in [5.41, 5.74) is 0.884. The van der Waals surface area contributed by atoms with E-state index in [0.717, 1.165) is 38.4 Å². The molecular formula is C23H34N2O2. The molecule has 1 N–H and O–H groups in total. The van der Waals surface area contributed by atoms with Gasteiger partial charge >= 0.3 is 5.97 Å². The minimum absolute atomic E-state index is 0.106. The van der Waals surface area contributed by atoms with Gasteiger partial charge in [0, 0.05) is 6.04 Å². The fourth-order valence-corrected chi connectivity index (χ4v) is 3.68. The van der Waals surface area contributed by atoms with Gasteiger partial charge in [0.2, 0.25) is 0 Å². The van der Waals surface area contributed by atoms with E-state index >= 15 is 0 Å². The van der Waals surface area contributed by atoms with Gasteiger partial charge in [-0.05, 0) is 77.1 Å². The van der Waals surface area contributed by atoms with Gasteiger partial charge in [0.15, 0.2) is 0 Å². The van der Waals surface area contributed by atoms with Gasteiger partial charge in [-0.25, -0.2) is 0 Å². The third-order valence-corrected chi connectivity index (χ3v) is 5.32. The number of hydrogen-bond acceptors (Lipinski definition) is 4. The Labute approximate surface area is 164 Å². The second-order valence-electron chi connectivity index (χ2n) is 8.99. The molecule has 2 aliphatic rings. The van der Waals surface area contributed by atoms with Crippen LogP contribution in [-0.2, 0) is 9.53 Å². The van der Waals surface area contributed by atoms with Crippen molar-refractivity contribution in [2.75, 3.05) is 26.2 Å². The van der Waals surface area contributed by atoms with E-state index in [1.54, 1.807) is 0 Å². The van der Waals surface area contributed by atoms with Gasteiger partial charge in [-0.15, -0.1) is 0 Å². The Morgan fingerprint density at radius 2 is 1.93 bits per heavy atom. The third-order valence-electron chi connectivity index (χ3n) is 5.32. The maximum Gasteiger partial charge on any atom is 0.320 e. The molecule has 148 valence electrons. The number of carbonyl (C=O) groups excluding carboxylic acids is 1. The van der Waals surface area contributed by atoms with E-state index in [2.05, 4.69) is 52.7 Å². The van der Waals surface area contributed by atoms with Crippen molar-refractivity contribution in [1.82, 2.24) is 10.2 Å². The maximum atomic E-state index is 11.9. The lowest BCUT2D eigenvalue weighted by atomic mass is 9.97. The van der Waals surface area contributed by atoms with Crippen LogP contribution in [0.2, 0.25) is 0 Å². The number of piperidine rings is 1. The molecule has 3 rings (SSSR count). The molecule has 1 saturated carbocycles. The van der Waals surface area contributed by atoms with Gasteiger partial charge in [0.1, 0.15) is 5.60 Å². The summed E-state index contributed by atoms with van der Waals surface area (Å²) in [6.45, 7) is 9.27. The van der Waals surface area contributed by atoms with Crippen LogP contribution in [0.5, 0.6) is 0 Å². The van der Waals surface area contributed by atoms with Crippen LogP contribution in [0.3, 0.4) is 0 Å². The molecule has 0 radical (unpaired) electrons. The van der Waals surface area contributed by atoms with Gasteiger partial charge in [0.05, 0.1) is 6.54 Å². The number of likely N-dealkylation sites (tertiary alicyclic amines) is 1. The lowest BCUT2D eigenvalue weighted by Crippen LogP contribution is -2.41. The van der Waals surface area contributed by atoms with Gasteiger partial charge in [-0.2, -0.15) is 0 Å². The number of nitrogens with zero attached hydrogens (tertiary/aromatic N) is 1. The van der Waals surface area contributed by atoms with E-state index in [4.69, 9.17) is 4.74 Å². The zero-order valence-corrected chi connectivity index (χ0v) is 17.0. The average Bonchev–Trinajstić information content (AvgIpc) is 3.37. The van der Waals surface area contributed by atoms with Gasteiger partial charge in [-0.3, -0.25) is 9.69 Å². The molecule has 1 aliphatic heterocycles. The van der Waals surface area contributed by atoms with Crippen molar-refractivity contribution < 1.29 is 9.53 Å². The normalized spacial score (nSPS) is 24.3. The number of hydrogen-bond donors (Lipinski definition) is 1. The first-order chi connectivity index (χ1) is 12.9. The summed E-state index contributed by atoms with van der Waals surface area (Å²) in [5, 5.41) is 3.74. The molecule has 0 bridgehead atoms. The molecule has 1 saturated heterocycles. The van der Waals surface area contributed by atoms with Crippen molar-refractivity contribution in [1.29, 1.82) is 0 Å². The van der Waals surface area contributed by atoms with E-state index in [0.29, 0.717) is 18.5 Å². The predicted octanol–water partition coefficient (Wildman–Crippen LogP) is 3.73. The molecule has 0 amide bonds. The highest BCUT2D eigenvalue weighted by Gasteiger charge is 2.35. The van der Waals surface area contributed by atoms with Crippen LogP contribution in [-0.4, -0.2) is 48.7 Å². The Morgan fingerprint density at radius 1 is 1.22 bits per heavy atom. The monoisotopic (exact) mass is 370 g/mol. The lowest BCUT2D eigenvalue weighted by molar-refractivity contribution is -0.156. The van der Waals surface area contributed by atoms with Crippen LogP contribution in [0, 0.1) is 11.8 Å². The van der Waals surface area contributed by atoms with Crippen LogP contribution in [0.4, 0.5) is 0 Å². The minimum Gasteiger partial charge on any atom is -0.459 e. The second kappa shape index (κ2) is 9.03. The minimum atomic E-state index is -0.394. The molecule has 4 nitrogen and oxygen atoms in total. The number of rotatable bonds is 7. The Balaban J connectivity index is 1.29. The number of ether oxygens (including phenoxy) is 1. The summed E-state index contributed by atoms with van der Waals surface area (Å²) in [5.74, 6) is 1.29. The molecule has 2 atom stereocenters. The van der Waals surface area contributed by atoms with Crippen molar-refractivity contribution >= 4 is 12.0 Å². The summed E-state index contributed by atoms with van der Waals surface area (Å²) >= 11 is 0. The zero-order chi connectivity index (χ0) is 19.3. The summed E-state index contributed by atoms with van der Waals surface area (Å²) in [7, 11) is 0. The molecule has 0 aromatic heterocycles. The van der Waals surface area contributed by atoms with E-state index < -0.39 is 5.60 Å². The van der Waals surface area contributed by atoms with Crippen molar-refractivity contribution in [2.24, 2.45) is 11.8 Å². The summed E-state index contributed by atoms with van der Waals surface area (Å²) in [4.78, 5) is 14.2. The standard InChI is InChI=1S/C23H34N2O2/c1-23(2,3)27-22(26)17-25-13-11-19(12-14-25)16-24-21-15-20(21)10-9-18-7-5-4-6-8-18/h4-10,19-21,24H,11-17H2,1-3H3/b10-9+. The third kappa shape index (κ3) is 7.11. The second-order valence-corrected chi connectivity index (χ2v) is 8.99. The number of nitrogens with one attached hydrogen (secondary N) is 1. The van der Waals surface area contributed by atoms with Gasteiger partial charge < -0.3 is 10.1 Å². The Hall–Kier alpha value is -1.65. The molecule has 2 fully saturated rings. The largest absolute Gasteiger partial charge is 0.459 e. The quantitative estimate of drug-likeness (QED) is 0.743. The highest BCUT2D eigenvalue weighted by molar-refractivity contribution is 5.72. The molecule has 1 aromatic rings. The number of esters is 1. The average molecular weight is 371 g/mol. The topological polar surface area (TPSA) is 41.6 Å². The molecule has 1 aliphatic carbocycles. The first-order valence-electron chi connectivity index (χ1n) is 10.3. The highest BCUT2D eigenvalue weighted by atomic mass is 16.6. The first kappa shape index (κ1) is 20.1. The molecular weight excluding hydrogens is 336 g/mol. The number of benzene rings is 1. The fraction of sp³-hybridized carbons (Fsp3) is 0.609. The Bertz CT molecular complexity index is 628. The lowest BCUT2D eigenvalue weighted by Gasteiger charge is -2.32. The van der Waals surface area contributed by atoms with Crippen molar-refractivity contribution in [2.45, 2.75) is 51.7 Å². The van der Waals surface area contributed by atoms with E-state index in [9.17, 15) is 4.79 Å². The molecule has 4 heteroatoms. The summed E-state index contributed by atoms with van der Waals surface area (Å²) < 4.78 is 5.42. The van der Waals surface area contributed by atoms with Gasteiger partial charge in [-0.1, -0.05) is 42.5 Å². The highest BCUT2D eigenvalue weighted by Crippen LogP contribution is 2.32. The van der Waals surface area contributed by atoms with E-state index in [1.165, 1.54) is 12.0 Å². The molecule has 0 spiro atoms. The number of carbonyl (C=O) groups is 1. The Kier molecular flexibility index (Phi) is 6.72. The van der Waals surface area contributed by atoms with E-state index in [1.807, 2.05) is 20.8 Å². The molecule has 2 unspecified atom stereocenters. The fourth-order valence-electron chi connectivity index (χ4n) is 3.68. The summed E-state index contributed by atoms with van der Waals surface area (Å²) in [6, 6.07) is 11.1. The van der Waals surface area contributed by atoms with Crippen LogP contribution in [0.25, 0.3) is 6.08 Å². The molecule has 27 heavy (non-hydrogen) atoms. The van der Waals surface area contributed by atoms with Crippen molar-refractivity contribution in [3.8, 4) is 0 Å². The summed E-state index contributed by atoms with van der Waals surface area (Å²) in [6.07, 6.45) is 8.15. The van der Waals surface area contributed by atoms with Crippen LogP contribution in [0.15, 0.2) is 36.4 Å². The smallest absolute Gasteiger partial charge is 0.320 e. The van der Waals surface area contributed by atoms with Crippen LogP contribution in [0.1, 0.15) is 45.6 Å². The van der Waals surface area contributed by atoms with Crippen molar-refractivity contribution in [3.63, 3.8) is 0 Å². The maximum absolute atomic E-state index is 11.9. The predicted molar refractivity (Wildman–Crippen MR) is 110 cm³/mol.